The average molecular weight is 431 g/mol. The Morgan fingerprint density at radius 1 is 0.483 bits per heavy atom. The van der Waals surface area contributed by atoms with Gasteiger partial charge in [-0.3, -0.25) is 0 Å². The van der Waals surface area contributed by atoms with Crippen LogP contribution >= 0.6 is 0 Å². The van der Waals surface area contributed by atoms with E-state index < -0.39 is 8.80 Å². The standard InChI is InChI=1S/C25H54O3Si/c1-8-14-17-20-23(11-4)26-29(7,27-24(12-5)21-18-15-9-2)28-25(13-6)22-19-16-10-3/h23-25H,8-22H2,1-7H3. The van der Waals surface area contributed by atoms with Gasteiger partial charge in [0, 0.05) is 24.9 Å². The molecule has 0 amide bonds. The zero-order valence-corrected chi connectivity index (χ0v) is 22.1. The molecule has 0 aromatic carbocycles. The first-order chi connectivity index (χ1) is 14.0. The minimum atomic E-state index is -2.68. The van der Waals surface area contributed by atoms with Gasteiger partial charge >= 0.3 is 8.80 Å². The maximum Gasteiger partial charge on any atom is 0.498 e. The zero-order valence-electron chi connectivity index (χ0n) is 21.1. The monoisotopic (exact) mass is 430 g/mol. The highest BCUT2D eigenvalue weighted by Crippen LogP contribution is 2.26. The molecule has 4 heteroatoms. The molecule has 0 aromatic heterocycles. The van der Waals surface area contributed by atoms with Crippen LogP contribution < -0.4 is 0 Å². The third kappa shape index (κ3) is 14.7. The lowest BCUT2D eigenvalue weighted by atomic mass is 10.1. The Labute approximate surface area is 185 Å². The van der Waals surface area contributed by atoms with E-state index in [2.05, 4.69) is 48.1 Å². The zero-order chi connectivity index (χ0) is 22.0. The summed E-state index contributed by atoms with van der Waals surface area (Å²) < 4.78 is 20.1. The third-order valence-electron chi connectivity index (χ3n) is 5.90. The highest BCUT2D eigenvalue weighted by Gasteiger charge is 2.41. The predicted octanol–water partition coefficient (Wildman–Crippen LogP) is 8.68. The van der Waals surface area contributed by atoms with Gasteiger partial charge < -0.3 is 13.3 Å². The minimum absolute atomic E-state index is 0.263. The predicted molar refractivity (Wildman–Crippen MR) is 130 cm³/mol. The van der Waals surface area contributed by atoms with Crippen molar-refractivity contribution in [3.63, 3.8) is 0 Å². The molecule has 0 rings (SSSR count). The molecule has 0 heterocycles. The van der Waals surface area contributed by atoms with E-state index >= 15 is 0 Å². The van der Waals surface area contributed by atoms with Crippen molar-refractivity contribution in [3.8, 4) is 0 Å². The molecule has 0 fully saturated rings. The first-order valence-corrected chi connectivity index (χ1v) is 15.2. The van der Waals surface area contributed by atoms with Crippen molar-refractivity contribution in [1.82, 2.24) is 0 Å². The van der Waals surface area contributed by atoms with Gasteiger partial charge in [-0.05, 0) is 38.5 Å². The largest absolute Gasteiger partial charge is 0.498 e. The second kappa shape index (κ2) is 18.8. The fourth-order valence-electron chi connectivity index (χ4n) is 3.90. The van der Waals surface area contributed by atoms with Gasteiger partial charge in [-0.1, -0.05) is 99.3 Å². The molecule has 0 N–H and O–H groups in total. The van der Waals surface area contributed by atoms with Gasteiger partial charge in [0.25, 0.3) is 0 Å². The Balaban J connectivity index is 5.13. The lowest BCUT2D eigenvalue weighted by Gasteiger charge is -2.36. The van der Waals surface area contributed by atoms with Crippen LogP contribution in [-0.4, -0.2) is 27.1 Å². The Morgan fingerprint density at radius 2 is 0.759 bits per heavy atom. The highest BCUT2D eigenvalue weighted by atomic mass is 28.4. The molecule has 0 spiro atoms. The SMILES string of the molecule is CCCCCC(CC)O[Si](C)(OC(CC)CCCCC)OC(CC)CCCCC. The van der Waals surface area contributed by atoms with Gasteiger partial charge in [0.15, 0.2) is 0 Å². The van der Waals surface area contributed by atoms with Crippen LogP contribution in [-0.2, 0) is 13.3 Å². The molecule has 0 bridgehead atoms. The molecule has 0 saturated heterocycles. The van der Waals surface area contributed by atoms with Crippen LogP contribution in [0, 0.1) is 0 Å². The van der Waals surface area contributed by atoms with E-state index in [1.54, 1.807) is 0 Å². The molecule has 29 heavy (non-hydrogen) atoms. The molecule has 176 valence electrons. The Morgan fingerprint density at radius 3 is 0.966 bits per heavy atom. The maximum absolute atomic E-state index is 6.71. The Kier molecular flexibility index (Phi) is 18.9. The van der Waals surface area contributed by atoms with Crippen LogP contribution in [0.15, 0.2) is 0 Å². The molecule has 0 radical (unpaired) electrons. The quantitative estimate of drug-likeness (QED) is 0.135. The molecular weight excluding hydrogens is 376 g/mol. The van der Waals surface area contributed by atoms with Crippen molar-refractivity contribution >= 4 is 8.80 Å². The lowest BCUT2D eigenvalue weighted by Crippen LogP contribution is -2.50. The van der Waals surface area contributed by atoms with Gasteiger partial charge in [0.1, 0.15) is 0 Å². The summed E-state index contributed by atoms with van der Waals surface area (Å²) >= 11 is 0. The van der Waals surface area contributed by atoms with E-state index in [4.69, 9.17) is 13.3 Å². The Bertz CT molecular complexity index is 301. The maximum atomic E-state index is 6.71. The summed E-state index contributed by atoms with van der Waals surface area (Å²) in [4.78, 5) is 0. The van der Waals surface area contributed by atoms with E-state index in [1.807, 2.05) is 0 Å². The van der Waals surface area contributed by atoms with Crippen molar-refractivity contribution in [2.45, 2.75) is 163 Å². The fraction of sp³-hybridized carbons (Fsp3) is 1.00. The summed E-state index contributed by atoms with van der Waals surface area (Å²) in [5.74, 6) is 0. The smallest absolute Gasteiger partial charge is 0.371 e. The van der Waals surface area contributed by atoms with Crippen molar-refractivity contribution < 1.29 is 13.3 Å². The van der Waals surface area contributed by atoms with E-state index in [-0.39, 0.29) is 18.3 Å². The highest BCUT2D eigenvalue weighted by molar-refractivity contribution is 6.59. The summed E-state index contributed by atoms with van der Waals surface area (Å²) in [6.45, 7) is 15.7. The minimum Gasteiger partial charge on any atom is -0.371 e. The van der Waals surface area contributed by atoms with Crippen molar-refractivity contribution in [2.24, 2.45) is 0 Å². The van der Waals surface area contributed by atoms with Gasteiger partial charge in [0.2, 0.25) is 0 Å². The summed E-state index contributed by atoms with van der Waals surface area (Å²) in [7, 11) is -2.68. The Hall–Kier alpha value is 0.0969. The van der Waals surface area contributed by atoms with Crippen LogP contribution in [0.4, 0.5) is 0 Å². The summed E-state index contributed by atoms with van der Waals surface area (Å²) in [5.41, 5.74) is 0. The molecule has 0 saturated carbocycles. The first-order valence-electron chi connectivity index (χ1n) is 13.0. The van der Waals surface area contributed by atoms with Crippen LogP contribution in [0.2, 0.25) is 6.55 Å². The van der Waals surface area contributed by atoms with Gasteiger partial charge in [-0.2, -0.15) is 0 Å². The normalized spacial score (nSPS) is 17.1. The second-order valence-corrected chi connectivity index (χ2v) is 11.2. The van der Waals surface area contributed by atoms with Crippen molar-refractivity contribution in [2.75, 3.05) is 0 Å². The van der Waals surface area contributed by atoms with Gasteiger partial charge in [0.05, 0.1) is 0 Å². The molecule has 3 nitrogen and oxygen atoms in total. The summed E-state index contributed by atoms with van der Waals surface area (Å²) in [5, 5.41) is 0. The van der Waals surface area contributed by atoms with Gasteiger partial charge in [-0.25, -0.2) is 0 Å². The van der Waals surface area contributed by atoms with Crippen LogP contribution in [0.25, 0.3) is 0 Å². The number of hydrogen-bond donors (Lipinski definition) is 0. The van der Waals surface area contributed by atoms with E-state index in [0.717, 1.165) is 38.5 Å². The van der Waals surface area contributed by atoms with Gasteiger partial charge in [-0.15, -0.1) is 0 Å². The molecule has 0 aromatic rings. The molecule has 0 aliphatic rings. The molecule has 0 aliphatic heterocycles. The summed E-state index contributed by atoms with van der Waals surface area (Å²) in [6.07, 6.45) is 18.6. The fourth-order valence-corrected chi connectivity index (χ4v) is 6.73. The van der Waals surface area contributed by atoms with Crippen LogP contribution in [0.3, 0.4) is 0 Å². The van der Waals surface area contributed by atoms with E-state index in [1.165, 1.54) is 57.8 Å². The summed E-state index contributed by atoms with van der Waals surface area (Å²) in [6, 6.07) is 0. The lowest BCUT2D eigenvalue weighted by molar-refractivity contribution is -0.0239. The molecule has 0 aliphatic carbocycles. The topological polar surface area (TPSA) is 27.7 Å². The average Bonchev–Trinajstić information content (AvgIpc) is 2.72. The number of unbranched alkanes of at least 4 members (excludes halogenated alkanes) is 6. The van der Waals surface area contributed by atoms with E-state index in [0.29, 0.717) is 0 Å². The van der Waals surface area contributed by atoms with E-state index in [9.17, 15) is 0 Å². The third-order valence-corrected chi connectivity index (χ3v) is 8.18. The molecule has 3 unspecified atom stereocenters. The van der Waals surface area contributed by atoms with Crippen molar-refractivity contribution in [1.29, 1.82) is 0 Å². The number of hydrogen-bond acceptors (Lipinski definition) is 3. The van der Waals surface area contributed by atoms with Crippen LogP contribution in [0.5, 0.6) is 0 Å². The molecule has 3 atom stereocenters. The van der Waals surface area contributed by atoms with Crippen LogP contribution in [0.1, 0.15) is 138 Å². The number of rotatable bonds is 21. The first kappa shape index (κ1) is 29.1. The molecular formula is C25H54O3Si. The van der Waals surface area contributed by atoms with Crippen molar-refractivity contribution in [3.05, 3.63) is 0 Å². The second-order valence-electron chi connectivity index (χ2n) is 8.79.